The fraction of sp³-hybridized carbons (Fsp3) is 0.280. The van der Waals surface area contributed by atoms with E-state index in [4.69, 9.17) is 4.74 Å². The molecule has 0 bridgehead atoms. The summed E-state index contributed by atoms with van der Waals surface area (Å²) >= 11 is 0. The molecule has 0 aliphatic rings. The lowest BCUT2D eigenvalue weighted by Gasteiger charge is -2.10. The van der Waals surface area contributed by atoms with Crippen molar-refractivity contribution in [1.82, 2.24) is 9.99 Å². The Hall–Kier alpha value is -3.34. The van der Waals surface area contributed by atoms with E-state index in [0.29, 0.717) is 18.1 Å². The van der Waals surface area contributed by atoms with Crippen LogP contribution in [-0.2, 0) is 0 Å². The first-order valence-electron chi connectivity index (χ1n) is 10.3. The van der Waals surface area contributed by atoms with Crippen LogP contribution in [0.25, 0.3) is 5.69 Å². The second kappa shape index (κ2) is 9.92. The summed E-state index contributed by atoms with van der Waals surface area (Å²) in [7, 11) is 0. The molecule has 0 spiro atoms. The minimum Gasteiger partial charge on any atom is -0.494 e. The molecular formula is C25H29N3O2. The fourth-order valence-corrected chi connectivity index (χ4v) is 3.13. The van der Waals surface area contributed by atoms with Crippen LogP contribution in [0.2, 0.25) is 0 Å². The predicted octanol–water partition coefficient (Wildman–Crippen LogP) is 5.28. The van der Waals surface area contributed by atoms with Crippen molar-refractivity contribution < 1.29 is 9.53 Å². The zero-order valence-electron chi connectivity index (χ0n) is 18.1. The summed E-state index contributed by atoms with van der Waals surface area (Å²) in [4.78, 5) is 12.3. The predicted molar refractivity (Wildman–Crippen MR) is 122 cm³/mol. The summed E-state index contributed by atoms with van der Waals surface area (Å²) in [6, 6.07) is 19.3. The summed E-state index contributed by atoms with van der Waals surface area (Å²) < 4.78 is 7.86. The first-order chi connectivity index (χ1) is 14.4. The van der Waals surface area contributed by atoms with Crippen LogP contribution in [0.4, 0.5) is 0 Å². The lowest BCUT2D eigenvalue weighted by molar-refractivity contribution is 0.0955. The molecule has 1 N–H and O–H groups in total. The van der Waals surface area contributed by atoms with Crippen LogP contribution in [0, 0.1) is 19.8 Å². The quantitative estimate of drug-likeness (QED) is 0.411. The molecule has 30 heavy (non-hydrogen) atoms. The number of hydrogen-bond donors (Lipinski definition) is 1. The summed E-state index contributed by atoms with van der Waals surface area (Å²) in [5.41, 5.74) is 7.38. The monoisotopic (exact) mass is 403 g/mol. The molecule has 5 heteroatoms. The molecule has 5 nitrogen and oxygen atoms in total. The molecule has 0 fully saturated rings. The third kappa shape index (κ3) is 5.60. The number of rotatable bonds is 8. The van der Waals surface area contributed by atoms with E-state index < -0.39 is 0 Å². The molecule has 0 aliphatic carbocycles. The van der Waals surface area contributed by atoms with Crippen molar-refractivity contribution in [1.29, 1.82) is 0 Å². The molecule has 156 valence electrons. The molecular weight excluding hydrogens is 374 g/mol. The zero-order chi connectivity index (χ0) is 21.5. The Morgan fingerprint density at radius 3 is 2.23 bits per heavy atom. The third-order valence-electron chi connectivity index (χ3n) is 4.88. The number of hydrazone groups is 1. The summed E-state index contributed by atoms with van der Waals surface area (Å²) in [5, 5.41) is 4.06. The van der Waals surface area contributed by atoms with Crippen molar-refractivity contribution >= 4 is 12.1 Å². The minimum atomic E-state index is -0.243. The molecule has 1 amide bonds. The highest BCUT2D eigenvalue weighted by Crippen LogP contribution is 2.17. The molecule has 0 saturated carbocycles. The van der Waals surface area contributed by atoms with Gasteiger partial charge >= 0.3 is 0 Å². The minimum absolute atomic E-state index is 0.243. The van der Waals surface area contributed by atoms with Gasteiger partial charge in [-0.15, -0.1) is 0 Å². The van der Waals surface area contributed by atoms with Gasteiger partial charge in [-0.3, -0.25) is 4.79 Å². The maximum Gasteiger partial charge on any atom is 0.271 e. The van der Waals surface area contributed by atoms with Gasteiger partial charge in [-0.25, -0.2) is 5.43 Å². The van der Waals surface area contributed by atoms with Crippen molar-refractivity contribution in [3.8, 4) is 11.4 Å². The maximum absolute atomic E-state index is 12.3. The number of aryl methyl sites for hydroxylation is 2. The van der Waals surface area contributed by atoms with Crippen LogP contribution in [0.5, 0.6) is 5.75 Å². The molecule has 0 radical (unpaired) electrons. The molecule has 0 unspecified atom stereocenters. The molecule has 0 atom stereocenters. The van der Waals surface area contributed by atoms with Crippen LogP contribution < -0.4 is 10.2 Å². The van der Waals surface area contributed by atoms with Gasteiger partial charge in [0.25, 0.3) is 5.91 Å². The Labute approximate surface area is 178 Å². The van der Waals surface area contributed by atoms with Crippen molar-refractivity contribution in [2.45, 2.75) is 34.1 Å². The van der Waals surface area contributed by atoms with E-state index in [1.54, 1.807) is 6.21 Å². The van der Waals surface area contributed by atoms with Crippen molar-refractivity contribution in [3.05, 3.63) is 83.2 Å². The molecule has 0 aliphatic heterocycles. The number of carbonyl (C=O) groups excluding carboxylic acids is 1. The number of benzene rings is 2. The van der Waals surface area contributed by atoms with Gasteiger partial charge in [-0.05, 0) is 92.4 Å². The number of ether oxygens (including phenoxy) is 1. The zero-order valence-corrected chi connectivity index (χ0v) is 18.1. The Morgan fingerprint density at radius 1 is 1.00 bits per heavy atom. The number of amides is 1. The Kier molecular flexibility index (Phi) is 7.07. The van der Waals surface area contributed by atoms with E-state index in [1.807, 2.05) is 48.5 Å². The number of hydrogen-bond acceptors (Lipinski definition) is 3. The maximum atomic E-state index is 12.3. The number of aromatic nitrogens is 1. The van der Waals surface area contributed by atoms with Crippen LogP contribution in [0.15, 0.2) is 65.8 Å². The molecule has 0 saturated heterocycles. The van der Waals surface area contributed by atoms with Crippen LogP contribution in [0.3, 0.4) is 0 Å². The van der Waals surface area contributed by atoms with E-state index in [1.165, 1.54) is 0 Å². The highest BCUT2D eigenvalue weighted by Gasteiger charge is 2.07. The highest BCUT2D eigenvalue weighted by molar-refractivity contribution is 5.95. The van der Waals surface area contributed by atoms with Crippen LogP contribution in [-0.4, -0.2) is 23.3 Å². The second-order valence-electron chi connectivity index (χ2n) is 7.80. The van der Waals surface area contributed by atoms with E-state index >= 15 is 0 Å². The van der Waals surface area contributed by atoms with Gasteiger partial charge in [0.15, 0.2) is 0 Å². The van der Waals surface area contributed by atoms with Crippen molar-refractivity contribution in [3.63, 3.8) is 0 Å². The van der Waals surface area contributed by atoms with E-state index in [-0.39, 0.29) is 5.91 Å². The van der Waals surface area contributed by atoms with Gasteiger partial charge < -0.3 is 9.30 Å². The Morgan fingerprint density at radius 2 is 1.63 bits per heavy atom. The van der Waals surface area contributed by atoms with Gasteiger partial charge in [-0.1, -0.05) is 13.8 Å². The average Bonchev–Trinajstić information content (AvgIpc) is 3.07. The van der Waals surface area contributed by atoms with Gasteiger partial charge in [0.05, 0.1) is 12.8 Å². The van der Waals surface area contributed by atoms with Gasteiger partial charge in [0.2, 0.25) is 0 Å². The summed E-state index contributed by atoms with van der Waals surface area (Å²) in [5.74, 6) is 1.22. The van der Waals surface area contributed by atoms with Crippen molar-refractivity contribution in [2.24, 2.45) is 11.0 Å². The highest BCUT2D eigenvalue weighted by atomic mass is 16.5. The normalized spacial score (nSPS) is 11.2. The molecule has 2 aromatic carbocycles. The first-order valence-corrected chi connectivity index (χ1v) is 10.3. The van der Waals surface area contributed by atoms with Crippen LogP contribution >= 0.6 is 0 Å². The molecule has 1 heterocycles. The van der Waals surface area contributed by atoms with Crippen LogP contribution in [0.1, 0.15) is 47.6 Å². The molecule has 3 aromatic rings. The molecule has 1 aromatic heterocycles. The largest absolute Gasteiger partial charge is 0.494 e. The Bertz CT molecular complexity index is 980. The second-order valence-corrected chi connectivity index (χ2v) is 7.80. The molecule has 3 rings (SSSR count). The SMILES string of the molecule is Cc1ccc(C)n1-c1ccc(C(=O)N/N=C\c2ccc(OCCC(C)C)cc2)cc1. The summed E-state index contributed by atoms with van der Waals surface area (Å²) in [6.07, 6.45) is 2.65. The number of carbonyl (C=O) groups is 1. The van der Waals surface area contributed by atoms with Crippen molar-refractivity contribution in [2.75, 3.05) is 6.61 Å². The standard InChI is InChI=1S/C25H29N3O2/c1-18(2)15-16-30-24-13-7-21(8-14-24)17-26-27-25(29)22-9-11-23(12-10-22)28-19(3)5-6-20(28)4/h5-14,17-18H,15-16H2,1-4H3,(H,27,29)/b26-17-. The fourth-order valence-electron chi connectivity index (χ4n) is 3.13. The topological polar surface area (TPSA) is 55.6 Å². The Balaban J connectivity index is 1.54. The summed E-state index contributed by atoms with van der Waals surface area (Å²) in [6.45, 7) is 9.19. The van der Waals surface area contributed by atoms with Gasteiger partial charge in [0, 0.05) is 22.6 Å². The smallest absolute Gasteiger partial charge is 0.271 e. The van der Waals surface area contributed by atoms with Gasteiger partial charge in [-0.2, -0.15) is 5.10 Å². The van der Waals surface area contributed by atoms with E-state index in [2.05, 4.69) is 54.9 Å². The average molecular weight is 404 g/mol. The van der Waals surface area contributed by atoms with Gasteiger partial charge in [0.1, 0.15) is 5.75 Å². The third-order valence-corrected chi connectivity index (χ3v) is 4.88. The lowest BCUT2D eigenvalue weighted by atomic mass is 10.1. The number of nitrogens with one attached hydrogen (secondary N) is 1. The van der Waals surface area contributed by atoms with E-state index in [0.717, 1.165) is 34.8 Å². The lowest BCUT2D eigenvalue weighted by Crippen LogP contribution is -2.17. The number of nitrogens with zero attached hydrogens (tertiary/aromatic N) is 2. The first kappa shape index (κ1) is 21.4. The van der Waals surface area contributed by atoms with E-state index in [9.17, 15) is 4.79 Å².